The molecule has 1 aromatic carbocycles. The molecule has 0 aliphatic heterocycles. The van der Waals surface area contributed by atoms with Gasteiger partial charge < -0.3 is 5.73 Å². The van der Waals surface area contributed by atoms with E-state index in [0.29, 0.717) is 0 Å². The number of benzene rings is 1. The van der Waals surface area contributed by atoms with Gasteiger partial charge >= 0.3 is 0 Å². The second kappa shape index (κ2) is 4.80. The molecule has 2 aromatic rings. The second-order valence-corrected chi connectivity index (χ2v) is 6.23. The number of hydrogen-bond acceptors (Lipinski definition) is 4. The van der Waals surface area contributed by atoms with Crippen LogP contribution in [0.25, 0.3) is 11.3 Å². The SMILES string of the molecule is CSc1ccc(-c2csc(C(C)(C)N)n2)cc1. The molecule has 0 unspecified atom stereocenters. The third kappa shape index (κ3) is 2.89. The van der Waals surface area contributed by atoms with Crippen molar-refractivity contribution in [1.82, 2.24) is 4.98 Å². The van der Waals surface area contributed by atoms with E-state index in [2.05, 4.69) is 40.9 Å². The van der Waals surface area contributed by atoms with E-state index in [-0.39, 0.29) is 5.54 Å². The maximum absolute atomic E-state index is 6.04. The number of aromatic nitrogens is 1. The molecule has 2 rings (SSSR count). The Balaban J connectivity index is 2.30. The van der Waals surface area contributed by atoms with E-state index in [4.69, 9.17) is 5.73 Å². The van der Waals surface area contributed by atoms with Gasteiger partial charge in [0.25, 0.3) is 0 Å². The molecule has 1 heterocycles. The van der Waals surface area contributed by atoms with Gasteiger partial charge in [-0.05, 0) is 32.2 Å². The lowest BCUT2D eigenvalue weighted by Crippen LogP contribution is -2.28. The minimum Gasteiger partial charge on any atom is -0.320 e. The van der Waals surface area contributed by atoms with E-state index in [0.717, 1.165) is 16.3 Å². The zero-order valence-electron chi connectivity index (χ0n) is 10.2. The van der Waals surface area contributed by atoms with Gasteiger partial charge in [-0.2, -0.15) is 0 Å². The van der Waals surface area contributed by atoms with Crippen LogP contribution in [0.1, 0.15) is 18.9 Å². The zero-order valence-corrected chi connectivity index (χ0v) is 11.9. The predicted molar refractivity (Wildman–Crippen MR) is 76.5 cm³/mol. The molecule has 0 saturated heterocycles. The summed E-state index contributed by atoms with van der Waals surface area (Å²) in [4.78, 5) is 5.86. The van der Waals surface area contributed by atoms with Gasteiger partial charge in [-0.25, -0.2) is 4.98 Å². The fourth-order valence-corrected chi connectivity index (χ4v) is 2.74. The van der Waals surface area contributed by atoms with Gasteiger partial charge in [0, 0.05) is 15.8 Å². The quantitative estimate of drug-likeness (QED) is 0.859. The fraction of sp³-hybridized carbons (Fsp3) is 0.308. The van der Waals surface area contributed by atoms with Crippen molar-refractivity contribution in [3.63, 3.8) is 0 Å². The van der Waals surface area contributed by atoms with E-state index in [9.17, 15) is 0 Å². The second-order valence-electron chi connectivity index (χ2n) is 4.49. The summed E-state index contributed by atoms with van der Waals surface area (Å²) in [5.41, 5.74) is 7.84. The molecular weight excluding hydrogens is 248 g/mol. The van der Waals surface area contributed by atoms with Gasteiger partial charge in [0.15, 0.2) is 0 Å². The molecule has 1 aromatic heterocycles. The van der Waals surface area contributed by atoms with Gasteiger partial charge in [-0.3, -0.25) is 0 Å². The number of thiazole rings is 1. The Morgan fingerprint density at radius 3 is 2.35 bits per heavy atom. The molecule has 4 heteroatoms. The normalized spacial score (nSPS) is 11.8. The van der Waals surface area contributed by atoms with Crippen molar-refractivity contribution in [2.24, 2.45) is 5.73 Å². The van der Waals surface area contributed by atoms with Crippen molar-refractivity contribution in [1.29, 1.82) is 0 Å². The molecule has 0 radical (unpaired) electrons. The van der Waals surface area contributed by atoms with E-state index in [1.807, 2.05) is 13.8 Å². The highest BCUT2D eigenvalue weighted by Crippen LogP contribution is 2.28. The summed E-state index contributed by atoms with van der Waals surface area (Å²) >= 11 is 3.36. The van der Waals surface area contributed by atoms with Crippen LogP contribution in [0.3, 0.4) is 0 Å². The Morgan fingerprint density at radius 2 is 1.88 bits per heavy atom. The van der Waals surface area contributed by atoms with Gasteiger partial charge in [0.05, 0.1) is 11.2 Å². The van der Waals surface area contributed by atoms with Crippen molar-refractivity contribution >= 4 is 23.1 Å². The minimum atomic E-state index is -0.359. The molecule has 0 spiro atoms. The van der Waals surface area contributed by atoms with Crippen LogP contribution in [0, 0.1) is 0 Å². The molecule has 0 saturated carbocycles. The van der Waals surface area contributed by atoms with Crippen LogP contribution < -0.4 is 5.73 Å². The molecule has 0 aliphatic rings. The number of rotatable bonds is 3. The average molecular weight is 264 g/mol. The topological polar surface area (TPSA) is 38.9 Å². The van der Waals surface area contributed by atoms with Crippen molar-refractivity contribution in [2.45, 2.75) is 24.3 Å². The van der Waals surface area contributed by atoms with E-state index < -0.39 is 0 Å². The predicted octanol–water partition coefficient (Wildman–Crippen LogP) is 3.73. The third-order valence-electron chi connectivity index (χ3n) is 2.44. The molecule has 0 atom stereocenters. The number of thioether (sulfide) groups is 1. The summed E-state index contributed by atoms with van der Waals surface area (Å²) in [5, 5.41) is 3.04. The molecule has 0 bridgehead atoms. The summed E-state index contributed by atoms with van der Waals surface area (Å²) < 4.78 is 0. The van der Waals surface area contributed by atoms with Crippen LogP contribution in [0.2, 0.25) is 0 Å². The van der Waals surface area contributed by atoms with Gasteiger partial charge in [0.2, 0.25) is 0 Å². The Kier molecular flexibility index (Phi) is 3.56. The van der Waals surface area contributed by atoms with Crippen molar-refractivity contribution in [3.8, 4) is 11.3 Å². The molecule has 0 fully saturated rings. The van der Waals surface area contributed by atoms with Gasteiger partial charge in [-0.15, -0.1) is 23.1 Å². The molecule has 0 amide bonds. The van der Waals surface area contributed by atoms with Gasteiger partial charge in [-0.1, -0.05) is 12.1 Å². The van der Waals surface area contributed by atoms with Gasteiger partial charge in [0.1, 0.15) is 5.01 Å². The Hall–Kier alpha value is -0.840. The van der Waals surface area contributed by atoms with Crippen molar-refractivity contribution in [3.05, 3.63) is 34.7 Å². The summed E-state index contributed by atoms with van der Waals surface area (Å²) in [6.07, 6.45) is 2.08. The minimum absolute atomic E-state index is 0.359. The molecule has 90 valence electrons. The first-order valence-corrected chi connectivity index (χ1v) is 7.50. The smallest absolute Gasteiger partial charge is 0.113 e. The monoisotopic (exact) mass is 264 g/mol. The zero-order chi connectivity index (χ0) is 12.5. The lowest BCUT2D eigenvalue weighted by Gasteiger charge is -2.13. The first-order chi connectivity index (χ1) is 8.00. The fourth-order valence-electron chi connectivity index (χ4n) is 1.46. The van der Waals surface area contributed by atoms with E-state index in [1.54, 1.807) is 23.1 Å². The van der Waals surface area contributed by atoms with Crippen molar-refractivity contribution < 1.29 is 0 Å². The Bertz CT molecular complexity index is 495. The molecular formula is C13H16N2S2. The van der Waals surface area contributed by atoms with Crippen molar-refractivity contribution in [2.75, 3.05) is 6.26 Å². The highest BCUT2D eigenvalue weighted by atomic mass is 32.2. The third-order valence-corrected chi connectivity index (χ3v) is 4.37. The maximum Gasteiger partial charge on any atom is 0.113 e. The lowest BCUT2D eigenvalue weighted by molar-refractivity contribution is 0.551. The lowest BCUT2D eigenvalue weighted by atomic mass is 10.1. The summed E-state index contributed by atoms with van der Waals surface area (Å²) in [6, 6.07) is 8.45. The van der Waals surface area contributed by atoms with E-state index in [1.165, 1.54) is 4.90 Å². The molecule has 0 aliphatic carbocycles. The molecule has 2 nitrogen and oxygen atoms in total. The maximum atomic E-state index is 6.04. The van der Waals surface area contributed by atoms with Crippen LogP contribution in [0.5, 0.6) is 0 Å². The van der Waals surface area contributed by atoms with Crippen LogP contribution in [0.4, 0.5) is 0 Å². The van der Waals surface area contributed by atoms with Crippen LogP contribution in [0.15, 0.2) is 34.5 Å². The largest absolute Gasteiger partial charge is 0.320 e. The Labute approximate surface area is 110 Å². The highest BCUT2D eigenvalue weighted by molar-refractivity contribution is 7.98. The first kappa shape index (κ1) is 12.6. The Morgan fingerprint density at radius 1 is 1.24 bits per heavy atom. The van der Waals surface area contributed by atoms with Crippen LogP contribution >= 0.6 is 23.1 Å². The van der Waals surface area contributed by atoms with Crippen LogP contribution in [-0.2, 0) is 5.54 Å². The van der Waals surface area contributed by atoms with E-state index >= 15 is 0 Å². The number of nitrogens with two attached hydrogens (primary N) is 1. The summed E-state index contributed by atoms with van der Waals surface area (Å²) in [5.74, 6) is 0. The van der Waals surface area contributed by atoms with Crippen LogP contribution in [-0.4, -0.2) is 11.2 Å². The highest BCUT2D eigenvalue weighted by Gasteiger charge is 2.18. The standard InChI is InChI=1S/C13H16N2S2/c1-13(2,14)12-15-11(8-17-12)9-4-6-10(16-3)7-5-9/h4-8H,14H2,1-3H3. The number of hydrogen-bond donors (Lipinski definition) is 1. The first-order valence-electron chi connectivity index (χ1n) is 5.40. The number of nitrogens with zero attached hydrogens (tertiary/aromatic N) is 1. The average Bonchev–Trinajstić information content (AvgIpc) is 2.78. The summed E-state index contributed by atoms with van der Waals surface area (Å²) in [6.45, 7) is 3.96. The molecule has 2 N–H and O–H groups in total. The molecule has 17 heavy (non-hydrogen) atoms. The summed E-state index contributed by atoms with van der Waals surface area (Å²) in [7, 11) is 0.